The molecule has 0 aliphatic heterocycles. The van der Waals surface area contributed by atoms with Crippen molar-refractivity contribution < 1.29 is 4.79 Å². The van der Waals surface area contributed by atoms with Crippen LogP contribution in [0.2, 0.25) is 0 Å². The van der Waals surface area contributed by atoms with Crippen molar-refractivity contribution >= 4 is 11.7 Å². The number of nitrogens with zero attached hydrogens (tertiary/aromatic N) is 3. The number of carbonyl (C=O) groups is 1. The normalized spacial score (nSPS) is 10.8. The quantitative estimate of drug-likeness (QED) is 0.785. The molecule has 1 aromatic rings. The summed E-state index contributed by atoms with van der Waals surface area (Å²) in [4.78, 5) is 17.5. The van der Waals surface area contributed by atoms with Gasteiger partial charge >= 0.3 is 0 Å². The van der Waals surface area contributed by atoms with Gasteiger partial charge in [-0.3, -0.25) is 9.69 Å². The van der Waals surface area contributed by atoms with Gasteiger partial charge in [-0.2, -0.15) is 5.26 Å². The predicted octanol–water partition coefficient (Wildman–Crippen LogP) is 2.35. The highest BCUT2D eigenvalue weighted by molar-refractivity contribution is 5.92. The summed E-state index contributed by atoms with van der Waals surface area (Å²) in [5.41, 5.74) is 0.447. The van der Waals surface area contributed by atoms with E-state index in [1.165, 1.54) is 11.1 Å². The second-order valence-electron chi connectivity index (χ2n) is 5.21. The molecular weight excluding hydrogens is 214 g/mol. The summed E-state index contributed by atoms with van der Waals surface area (Å²) in [6, 6.07) is 5.33. The number of rotatable bonds is 2. The molecule has 1 rings (SSSR count). The molecule has 0 unspecified atom stereocenters. The fraction of sp³-hybridized carbons (Fsp3) is 0.462. The molecule has 4 heteroatoms. The molecule has 90 valence electrons. The first kappa shape index (κ1) is 13.2. The molecule has 1 amide bonds. The Morgan fingerprint density at radius 3 is 2.53 bits per heavy atom. The fourth-order valence-electron chi connectivity index (χ4n) is 1.35. The Hall–Kier alpha value is -1.89. The van der Waals surface area contributed by atoms with Gasteiger partial charge in [-0.25, -0.2) is 4.98 Å². The van der Waals surface area contributed by atoms with Gasteiger partial charge < -0.3 is 0 Å². The minimum absolute atomic E-state index is 0.0229. The van der Waals surface area contributed by atoms with E-state index in [2.05, 4.69) is 4.98 Å². The van der Waals surface area contributed by atoms with Crippen molar-refractivity contribution in [3.8, 4) is 6.07 Å². The number of nitriles is 1. The van der Waals surface area contributed by atoms with Gasteiger partial charge in [0, 0.05) is 19.7 Å². The third kappa shape index (κ3) is 3.87. The summed E-state index contributed by atoms with van der Waals surface area (Å²) in [5, 5.41) is 8.66. The second-order valence-corrected chi connectivity index (χ2v) is 5.21. The minimum Gasteiger partial charge on any atom is -0.300 e. The summed E-state index contributed by atoms with van der Waals surface area (Å²) in [7, 11) is 1.70. The van der Waals surface area contributed by atoms with Gasteiger partial charge in [0.2, 0.25) is 5.91 Å². The molecule has 0 atom stereocenters. The Bertz CT molecular complexity index is 437. The van der Waals surface area contributed by atoms with Crippen molar-refractivity contribution in [2.75, 3.05) is 11.9 Å². The molecule has 0 radical (unpaired) electrons. The van der Waals surface area contributed by atoms with Crippen LogP contribution in [0.3, 0.4) is 0 Å². The first-order chi connectivity index (χ1) is 7.83. The lowest BCUT2D eigenvalue weighted by molar-refractivity contribution is -0.120. The highest BCUT2D eigenvalue weighted by Gasteiger charge is 2.20. The Morgan fingerprint density at radius 1 is 1.47 bits per heavy atom. The van der Waals surface area contributed by atoms with E-state index in [9.17, 15) is 4.79 Å². The first-order valence-corrected chi connectivity index (χ1v) is 5.46. The Morgan fingerprint density at radius 2 is 2.12 bits per heavy atom. The third-order valence-electron chi connectivity index (χ3n) is 2.28. The summed E-state index contributed by atoms with van der Waals surface area (Å²) >= 11 is 0. The molecule has 1 heterocycles. The van der Waals surface area contributed by atoms with Crippen LogP contribution in [0.15, 0.2) is 18.3 Å². The highest BCUT2D eigenvalue weighted by Crippen LogP contribution is 2.21. The smallest absolute Gasteiger partial charge is 0.228 e. The summed E-state index contributed by atoms with van der Waals surface area (Å²) in [5.74, 6) is 0.591. The van der Waals surface area contributed by atoms with Crippen LogP contribution < -0.4 is 4.90 Å². The molecule has 0 fully saturated rings. The summed E-state index contributed by atoms with van der Waals surface area (Å²) in [6.07, 6.45) is 1.93. The molecule has 0 aromatic carbocycles. The lowest BCUT2D eigenvalue weighted by Gasteiger charge is -2.22. The van der Waals surface area contributed by atoms with E-state index >= 15 is 0 Å². The van der Waals surface area contributed by atoms with Crippen LogP contribution in [0.25, 0.3) is 0 Å². The van der Waals surface area contributed by atoms with E-state index in [4.69, 9.17) is 5.26 Å². The number of anilines is 1. The zero-order valence-corrected chi connectivity index (χ0v) is 10.7. The van der Waals surface area contributed by atoms with Crippen LogP contribution in [-0.4, -0.2) is 17.9 Å². The number of carbonyl (C=O) groups excluding carboxylic acids is 1. The number of aromatic nitrogens is 1. The van der Waals surface area contributed by atoms with Crippen LogP contribution in [0.1, 0.15) is 32.8 Å². The number of amides is 1. The zero-order chi connectivity index (χ0) is 13.1. The van der Waals surface area contributed by atoms with Gasteiger partial charge in [0.25, 0.3) is 0 Å². The molecule has 17 heavy (non-hydrogen) atoms. The van der Waals surface area contributed by atoms with E-state index in [1.807, 2.05) is 26.8 Å². The minimum atomic E-state index is -0.0437. The average Bonchev–Trinajstić information content (AvgIpc) is 2.26. The topological polar surface area (TPSA) is 57.0 Å². The highest BCUT2D eigenvalue weighted by atomic mass is 16.2. The van der Waals surface area contributed by atoms with Gasteiger partial charge in [-0.15, -0.1) is 0 Å². The molecule has 0 saturated heterocycles. The molecule has 0 saturated carbocycles. The maximum atomic E-state index is 11.9. The van der Waals surface area contributed by atoms with Crippen LogP contribution in [-0.2, 0) is 4.79 Å². The standard InChI is InChI=1S/C13H17N3O/c1-13(2,3)7-12(17)16(4)11-6-5-10(8-14)9-15-11/h5-6,9H,7H2,1-4H3. The van der Waals surface area contributed by atoms with Gasteiger partial charge in [0.05, 0.1) is 5.56 Å². The van der Waals surface area contributed by atoms with E-state index in [1.54, 1.807) is 19.2 Å². The van der Waals surface area contributed by atoms with E-state index < -0.39 is 0 Å². The summed E-state index contributed by atoms with van der Waals surface area (Å²) < 4.78 is 0. The average molecular weight is 231 g/mol. The number of hydrogen-bond acceptors (Lipinski definition) is 3. The molecule has 4 nitrogen and oxygen atoms in total. The van der Waals surface area contributed by atoms with Crippen molar-refractivity contribution in [1.29, 1.82) is 5.26 Å². The maximum absolute atomic E-state index is 11.9. The molecule has 0 aliphatic rings. The molecular formula is C13H17N3O. The van der Waals surface area contributed by atoms with E-state index in [0.717, 1.165) is 0 Å². The van der Waals surface area contributed by atoms with Crippen molar-refractivity contribution in [2.45, 2.75) is 27.2 Å². The maximum Gasteiger partial charge on any atom is 0.228 e. The SMILES string of the molecule is CN(C(=O)CC(C)(C)C)c1ccc(C#N)cn1. The number of pyridine rings is 1. The van der Waals surface area contributed by atoms with Gasteiger partial charge in [-0.05, 0) is 17.5 Å². The van der Waals surface area contributed by atoms with Crippen molar-refractivity contribution in [3.63, 3.8) is 0 Å². The zero-order valence-electron chi connectivity index (χ0n) is 10.7. The molecule has 0 N–H and O–H groups in total. The van der Waals surface area contributed by atoms with Gasteiger partial charge in [0.15, 0.2) is 0 Å². The fourth-order valence-corrected chi connectivity index (χ4v) is 1.35. The number of hydrogen-bond donors (Lipinski definition) is 0. The monoisotopic (exact) mass is 231 g/mol. The van der Waals surface area contributed by atoms with E-state index in [0.29, 0.717) is 17.8 Å². The Labute approximate surface area is 102 Å². The Kier molecular flexibility index (Phi) is 3.84. The second kappa shape index (κ2) is 4.96. The lowest BCUT2D eigenvalue weighted by atomic mass is 9.92. The van der Waals surface area contributed by atoms with Gasteiger partial charge in [-0.1, -0.05) is 20.8 Å². The molecule has 0 aliphatic carbocycles. The summed E-state index contributed by atoms with van der Waals surface area (Å²) in [6.45, 7) is 6.06. The lowest BCUT2D eigenvalue weighted by Crippen LogP contribution is -2.30. The van der Waals surface area contributed by atoms with Crippen LogP contribution >= 0.6 is 0 Å². The van der Waals surface area contributed by atoms with Crippen molar-refractivity contribution in [2.24, 2.45) is 5.41 Å². The molecule has 0 bridgehead atoms. The molecule has 1 aromatic heterocycles. The molecule has 0 spiro atoms. The predicted molar refractivity (Wildman–Crippen MR) is 66.4 cm³/mol. The van der Waals surface area contributed by atoms with Crippen LogP contribution in [0.5, 0.6) is 0 Å². The largest absolute Gasteiger partial charge is 0.300 e. The van der Waals surface area contributed by atoms with Gasteiger partial charge in [0.1, 0.15) is 11.9 Å². The van der Waals surface area contributed by atoms with Crippen molar-refractivity contribution in [3.05, 3.63) is 23.9 Å². The first-order valence-electron chi connectivity index (χ1n) is 5.46. The van der Waals surface area contributed by atoms with Crippen LogP contribution in [0, 0.1) is 16.7 Å². The van der Waals surface area contributed by atoms with E-state index in [-0.39, 0.29) is 11.3 Å². The van der Waals surface area contributed by atoms with Crippen molar-refractivity contribution in [1.82, 2.24) is 4.98 Å². The van der Waals surface area contributed by atoms with Crippen LogP contribution in [0.4, 0.5) is 5.82 Å². The Balaban J connectivity index is 2.79. The third-order valence-corrected chi connectivity index (χ3v) is 2.28.